The third kappa shape index (κ3) is 3.01. The minimum atomic E-state index is 0.569. The summed E-state index contributed by atoms with van der Waals surface area (Å²) < 4.78 is 0. The Morgan fingerprint density at radius 1 is 1.11 bits per heavy atom. The van der Waals surface area contributed by atoms with Crippen LogP contribution in [0.4, 0.5) is 5.69 Å². The first-order valence-corrected chi connectivity index (χ1v) is 6.97. The fraction of sp³-hybridized carbons (Fsp3) is 0.467. The zero-order chi connectivity index (χ0) is 13.1. The Morgan fingerprint density at radius 2 is 1.95 bits per heavy atom. The van der Waals surface area contributed by atoms with Crippen molar-refractivity contribution in [3.8, 4) is 0 Å². The second-order valence-corrected chi connectivity index (χ2v) is 5.34. The summed E-state index contributed by atoms with van der Waals surface area (Å²) in [5.74, 6) is 0. The lowest BCUT2D eigenvalue weighted by atomic mass is 10.1. The van der Waals surface area contributed by atoms with Crippen LogP contribution in [0, 0.1) is 0 Å². The number of nitrogens with zero attached hydrogens (tertiary/aromatic N) is 3. The highest BCUT2D eigenvalue weighted by Crippen LogP contribution is 2.19. The van der Waals surface area contributed by atoms with E-state index in [0.717, 1.165) is 16.7 Å². The average Bonchev–Trinajstić information content (AvgIpc) is 2.64. The van der Waals surface area contributed by atoms with Crippen molar-refractivity contribution >= 4 is 16.7 Å². The van der Waals surface area contributed by atoms with E-state index in [1.807, 2.05) is 6.07 Å². The van der Waals surface area contributed by atoms with Gasteiger partial charge >= 0.3 is 0 Å². The molecule has 19 heavy (non-hydrogen) atoms. The smallest absolute Gasteiger partial charge is 0.0907 e. The van der Waals surface area contributed by atoms with Gasteiger partial charge in [-0.2, -0.15) is 0 Å². The average molecular weight is 256 g/mol. The lowest BCUT2D eigenvalue weighted by molar-refractivity contribution is 0.348. The molecular formula is C15H20N4. The van der Waals surface area contributed by atoms with Crippen molar-refractivity contribution < 1.29 is 0 Å². The lowest BCUT2D eigenvalue weighted by Gasteiger charge is -2.18. The van der Waals surface area contributed by atoms with Gasteiger partial charge in [-0.25, -0.2) is 0 Å². The first-order valence-electron chi connectivity index (χ1n) is 6.97. The Labute approximate surface area is 113 Å². The Balaban J connectivity index is 1.73. The molecule has 1 aliphatic heterocycles. The molecule has 0 aliphatic carbocycles. The molecule has 1 unspecified atom stereocenters. The first-order chi connectivity index (χ1) is 9.31. The van der Waals surface area contributed by atoms with Gasteiger partial charge in [0.1, 0.15) is 0 Å². The van der Waals surface area contributed by atoms with Crippen LogP contribution in [0.2, 0.25) is 0 Å². The summed E-state index contributed by atoms with van der Waals surface area (Å²) in [4.78, 5) is 11.1. The highest BCUT2D eigenvalue weighted by atomic mass is 15.1. The van der Waals surface area contributed by atoms with Gasteiger partial charge in [0.25, 0.3) is 0 Å². The van der Waals surface area contributed by atoms with Gasteiger partial charge in [0.05, 0.1) is 11.0 Å². The molecule has 100 valence electrons. The number of benzene rings is 1. The summed E-state index contributed by atoms with van der Waals surface area (Å²) in [6.07, 6.45) is 7.18. The molecule has 3 rings (SSSR count). The largest absolute Gasteiger partial charge is 0.382 e. The first kappa shape index (κ1) is 12.4. The van der Waals surface area contributed by atoms with E-state index < -0.39 is 0 Å². The van der Waals surface area contributed by atoms with Gasteiger partial charge in [0.2, 0.25) is 0 Å². The van der Waals surface area contributed by atoms with Gasteiger partial charge in [-0.3, -0.25) is 9.97 Å². The summed E-state index contributed by atoms with van der Waals surface area (Å²) in [6, 6.07) is 6.80. The Kier molecular flexibility index (Phi) is 3.60. The molecule has 0 radical (unpaired) electrons. The normalized spacial score (nSPS) is 21.2. The molecule has 1 N–H and O–H groups in total. The second kappa shape index (κ2) is 5.53. The number of likely N-dealkylation sites (tertiary alicyclic amines) is 1. The highest BCUT2D eigenvalue weighted by molar-refractivity contribution is 5.78. The van der Waals surface area contributed by atoms with Crippen molar-refractivity contribution in [2.75, 3.05) is 25.5 Å². The second-order valence-electron chi connectivity index (χ2n) is 5.34. The maximum Gasteiger partial charge on any atom is 0.0907 e. The van der Waals surface area contributed by atoms with Crippen molar-refractivity contribution in [2.24, 2.45) is 0 Å². The van der Waals surface area contributed by atoms with Crippen LogP contribution >= 0.6 is 0 Å². The van der Waals surface area contributed by atoms with Crippen molar-refractivity contribution in [1.29, 1.82) is 0 Å². The molecule has 0 spiro atoms. The molecule has 0 saturated carbocycles. The Bertz CT molecular complexity index is 555. The van der Waals surface area contributed by atoms with Crippen LogP contribution in [0.15, 0.2) is 30.6 Å². The molecule has 1 fully saturated rings. The van der Waals surface area contributed by atoms with Crippen LogP contribution in [0.5, 0.6) is 0 Å². The summed E-state index contributed by atoms with van der Waals surface area (Å²) >= 11 is 0. The maximum absolute atomic E-state index is 4.35. The van der Waals surface area contributed by atoms with E-state index in [0.29, 0.717) is 6.04 Å². The number of nitrogens with one attached hydrogen (secondary N) is 1. The zero-order valence-electron chi connectivity index (χ0n) is 11.3. The summed E-state index contributed by atoms with van der Waals surface area (Å²) in [5.41, 5.74) is 3.06. The zero-order valence-corrected chi connectivity index (χ0v) is 11.3. The Hall–Kier alpha value is -1.68. The van der Waals surface area contributed by atoms with Crippen molar-refractivity contribution in [2.45, 2.75) is 25.3 Å². The number of anilines is 1. The van der Waals surface area contributed by atoms with Crippen LogP contribution in [0.25, 0.3) is 11.0 Å². The van der Waals surface area contributed by atoms with Crippen LogP contribution < -0.4 is 5.32 Å². The molecule has 1 saturated heterocycles. The molecule has 0 amide bonds. The van der Waals surface area contributed by atoms with Crippen LogP contribution in [-0.2, 0) is 0 Å². The van der Waals surface area contributed by atoms with E-state index in [4.69, 9.17) is 0 Å². The molecular weight excluding hydrogens is 236 g/mol. The fourth-order valence-electron chi connectivity index (χ4n) is 2.67. The van der Waals surface area contributed by atoms with E-state index in [1.54, 1.807) is 12.4 Å². The molecule has 1 aliphatic rings. The van der Waals surface area contributed by atoms with Gasteiger partial charge < -0.3 is 10.2 Å². The molecule has 2 aromatic rings. The number of rotatable bonds is 2. The predicted molar refractivity (Wildman–Crippen MR) is 78.3 cm³/mol. The summed E-state index contributed by atoms with van der Waals surface area (Å²) in [6.45, 7) is 2.38. The third-order valence-electron chi connectivity index (χ3n) is 3.79. The Morgan fingerprint density at radius 3 is 2.84 bits per heavy atom. The predicted octanol–water partition coefficient (Wildman–Crippen LogP) is 2.53. The molecule has 4 heteroatoms. The summed E-state index contributed by atoms with van der Waals surface area (Å²) in [5, 5.41) is 3.64. The molecule has 2 heterocycles. The van der Waals surface area contributed by atoms with Crippen LogP contribution in [-0.4, -0.2) is 41.0 Å². The number of hydrogen-bond donors (Lipinski definition) is 1. The van der Waals surface area contributed by atoms with Gasteiger partial charge in [-0.05, 0) is 57.6 Å². The van der Waals surface area contributed by atoms with E-state index in [9.17, 15) is 0 Å². The standard InChI is InChI=1S/C15H20N4/c1-19-9-2-3-12(6-10-19)18-13-4-5-14-15(11-13)17-8-7-16-14/h4-5,7-8,11-12,18H,2-3,6,9-10H2,1H3. The molecule has 0 bridgehead atoms. The van der Waals surface area contributed by atoms with E-state index in [2.05, 4.69) is 39.4 Å². The molecule has 4 nitrogen and oxygen atoms in total. The van der Waals surface area contributed by atoms with Crippen molar-refractivity contribution in [3.63, 3.8) is 0 Å². The number of aromatic nitrogens is 2. The third-order valence-corrected chi connectivity index (χ3v) is 3.79. The van der Waals surface area contributed by atoms with Gasteiger partial charge in [0, 0.05) is 24.1 Å². The maximum atomic E-state index is 4.35. The molecule has 1 aromatic carbocycles. The highest BCUT2D eigenvalue weighted by Gasteiger charge is 2.14. The minimum Gasteiger partial charge on any atom is -0.382 e. The SMILES string of the molecule is CN1CCCC(Nc2ccc3nccnc3c2)CC1. The minimum absolute atomic E-state index is 0.569. The van der Waals surface area contributed by atoms with Crippen molar-refractivity contribution in [1.82, 2.24) is 14.9 Å². The van der Waals surface area contributed by atoms with Gasteiger partial charge in [0.15, 0.2) is 0 Å². The number of fused-ring (bicyclic) bond motifs is 1. The van der Waals surface area contributed by atoms with Gasteiger partial charge in [-0.1, -0.05) is 0 Å². The van der Waals surface area contributed by atoms with E-state index in [-0.39, 0.29) is 0 Å². The fourth-order valence-corrected chi connectivity index (χ4v) is 2.67. The van der Waals surface area contributed by atoms with E-state index >= 15 is 0 Å². The van der Waals surface area contributed by atoms with Crippen LogP contribution in [0.1, 0.15) is 19.3 Å². The number of hydrogen-bond acceptors (Lipinski definition) is 4. The van der Waals surface area contributed by atoms with Gasteiger partial charge in [-0.15, -0.1) is 0 Å². The quantitative estimate of drug-likeness (QED) is 0.896. The lowest BCUT2D eigenvalue weighted by Crippen LogP contribution is -2.22. The summed E-state index contributed by atoms with van der Waals surface area (Å²) in [7, 11) is 2.20. The monoisotopic (exact) mass is 256 g/mol. The van der Waals surface area contributed by atoms with E-state index in [1.165, 1.54) is 32.4 Å². The van der Waals surface area contributed by atoms with Crippen LogP contribution in [0.3, 0.4) is 0 Å². The van der Waals surface area contributed by atoms with Crippen molar-refractivity contribution in [3.05, 3.63) is 30.6 Å². The topological polar surface area (TPSA) is 41.0 Å². The molecule has 1 atom stereocenters. The molecule has 1 aromatic heterocycles.